The Labute approximate surface area is 236 Å². The number of nitrogens with one attached hydrogen (secondary N) is 1. The largest absolute Gasteiger partial charge is 0.460 e. The second-order valence-corrected chi connectivity index (χ2v) is 11.9. The van der Waals surface area contributed by atoms with Gasteiger partial charge in [0.25, 0.3) is 5.91 Å². The Kier molecular flexibility index (Phi) is 8.89. The lowest BCUT2D eigenvalue weighted by Gasteiger charge is -2.24. The van der Waals surface area contributed by atoms with Crippen molar-refractivity contribution in [2.75, 3.05) is 24.5 Å². The molecular formula is C30H34BrF2N3O3. The van der Waals surface area contributed by atoms with Gasteiger partial charge in [-0.3, -0.25) is 9.59 Å². The minimum absolute atomic E-state index is 0.0468. The molecule has 0 spiro atoms. The maximum atomic E-state index is 14.8. The summed E-state index contributed by atoms with van der Waals surface area (Å²) < 4.78 is 35.8. The average Bonchev–Trinajstić information content (AvgIpc) is 3.38. The lowest BCUT2D eigenvalue weighted by molar-refractivity contribution is -0.155. The smallest absolute Gasteiger partial charge is 0.306 e. The highest BCUT2D eigenvalue weighted by Gasteiger charge is 2.27. The van der Waals surface area contributed by atoms with Gasteiger partial charge in [-0.1, -0.05) is 22.0 Å². The van der Waals surface area contributed by atoms with E-state index in [2.05, 4.69) is 26.1 Å². The van der Waals surface area contributed by atoms with Gasteiger partial charge < -0.3 is 15.0 Å². The third-order valence-electron chi connectivity index (χ3n) is 6.83. The molecule has 1 aliphatic rings. The van der Waals surface area contributed by atoms with Crippen LogP contribution < -0.4 is 10.2 Å². The number of halogens is 3. The van der Waals surface area contributed by atoms with E-state index < -0.39 is 29.1 Å². The number of anilines is 1. The summed E-state index contributed by atoms with van der Waals surface area (Å²) in [5, 5.41) is 3.59. The molecule has 9 heteroatoms. The number of pyridine rings is 1. The van der Waals surface area contributed by atoms with Crippen molar-refractivity contribution in [1.82, 2.24) is 10.3 Å². The molecule has 1 amide bonds. The Balaban J connectivity index is 1.64. The van der Waals surface area contributed by atoms with Crippen molar-refractivity contribution in [3.63, 3.8) is 0 Å². The lowest BCUT2D eigenvalue weighted by atomic mass is 9.92. The molecule has 4 rings (SSSR count). The maximum Gasteiger partial charge on any atom is 0.306 e. The molecule has 1 saturated heterocycles. The fraction of sp³-hybridized carbons (Fsp3) is 0.433. The van der Waals surface area contributed by atoms with Crippen molar-refractivity contribution in [2.45, 2.75) is 64.9 Å². The second kappa shape index (κ2) is 12.0. The van der Waals surface area contributed by atoms with Gasteiger partial charge in [-0.15, -0.1) is 0 Å². The van der Waals surface area contributed by atoms with E-state index in [-0.39, 0.29) is 30.9 Å². The average molecular weight is 603 g/mol. The third kappa shape index (κ3) is 6.93. The van der Waals surface area contributed by atoms with E-state index in [9.17, 15) is 18.4 Å². The number of amides is 1. The van der Waals surface area contributed by atoms with Gasteiger partial charge in [-0.25, -0.2) is 13.8 Å². The summed E-state index contributed by atoms with van der Waals surface area (Å²) in [6.07, 6.45) is 2.19. The predicted molar refractivity (Wildman–Crippen MR) is 152 cm³/mol. The van der Waals surface area contributed by atoms with Gasteiger partial charge in [0, 0.05) is 53.0 Å². The highest BCUT2D eigenvalue weighted by molar-refractivity contribution is 9.10. The van der Waals surface area contributed by atoms with Crippen LogP contribution in [-0.2, 0) is 9.53 Å². The van der Waals surface area contributed by atoms with Gasteiger partial charge in [0.2, 0.25) is 0 Å². The summed E-state index contributed by atoms with van der Waals surface area (Å²) in [5.74, 6) is -2.27. The number of rotatable bonds is 8. The summed E-state index contributed by atoms with van der Waals surface area (Å²) in [4.78, 5) is 33.2. The Morgan fingerprint density at radius 3 is 2.44 bits per heavy atom. The van der Waals surface area contributed by atoms with E-state index in [1.165, 1.54) is 18.2 Å². The topological polar surface area (TPSA) is 71.5 Å². The van der Waals surface area contributed by atoms with Crippen LogP contribution in [0.5, 0.6) is 0 Å². The molecule has 0 radical (unpaired) electrons. The lowest BCUT2D eigenvalue weighted by Crippen LogP contribution is -2.31. The molecule has 1 atom stereocenters. The number of nitrogens with zero attached hydrogens (tertiary/aromatic N) is 2. The van der Waals surface area contributed by atoms with Crippen LogP contribution in [0.25, 0.3) is 10.9 Å². The van der Waals surface area contributed by atoms with Crippen LogP contribution in [0.15, 0.2) is 40.9 Å². The fourth-order valence-electron chi connectivity index (χ4n) is 5.09. The number of benzene rings is 2. The molecule has 2 heterocycles. The summed E-state index contributed by atoms with van der Waals surface area (Å²) in [5.41, 5.74) is 1.09. The van der Waals surface area contributed by atoms with Gasteiger partial charge in [0.1, 0.15) is 23.1 Å². The van der Waals surface area contributed by atoms with E-state index in [0.29, 0.717) is 16.5 Å². The van der Waals surface area contributed by atoms with E-state index >= 15 is 0 Å². The van der Waals surface area contributed by atoms with Crippen molar-refractivity contribution in [3.05, 3.63) is 69.2 Å². The predicted octanol–water partition coefficient (Wildman–Crippen LogP) is 6.82. The van der Waals surface area contributed by atoms with Crippen LogP contribution in [0.1, 0.15) is 73.9 Å². The monoisotopic (exact) mass is 601 g/mol. The number of fused-ring (bicyclic) bond motifs is 1. The zero-order valence-corrected chi connectivity index (χ0v) is 24.3. The Hall–Kier alpha value is -3.07. The Morgan fingerprint density at radius 1 is 1.13 bits per heavy atom. The van der Waals surface area contributed by atoms with Crippen molar-refractivity contribution in [1.29, 1.82) is 0 Å². The SMILES string of the molecule is Cc1c(N2CCCC2)nc2ccc(Br)cc2c1C(=O)NCC(CCC(=O)OC(C)(C)C)c1c(F)cccc1F. The van der Waals surface area contributed by atoms with Gasteiger partial charge in [-0.05, 0) is 77.3 Å². The van der Waals surface area contributed by atoms with Crippen LogP contribution in [0.4, 0.5) is 14.6 Å². The van der Waals surface area contributed by atoms with Crippen LogP contribution >= 0.6 is 15.9 Å². The van der Waals surface area contributed by atoms with Gasteiger partial charge in [0.15, 0.2) is 0 Å². The molecule has 1 aromatic heterocycles. The summed E-state index contributed by atoms with van der Waals surface area (Å²) in [6.45, 7) is 8.84. The Bertz CT molecular complexity index is 1360. The number of hydrogen-bond donors (Lipinski definition) is 1. The minimum atomic E-state index is -0.777. The molecule has 1 unspecified atom stereocenters. The van der Waals surface area contributed by atoms with Gasteiger partial charge >= 0.3 is 5.97 Å². The highest BCUT2D eigenvalue weighted by atomic mass is 79.9. The van der Waals surface area contributed by atoms with Crippen molar-refractivity contribution in [3.8, 4) is 0 Å². The molecule has 0 saturated carbocycles. The first-order valence-electron chi connectivity index (χ1n) is 13.2. The second-order valence-electron chi connectivity index (χ2n) is 11.0. The van der Waals surface area contributed by atoms with E-state index in [1.807, 2.05) is 25.1 Å². The van der Waals surface area contributed by atoms with Crippen LogP contribution in [0.2, 0.25) is 0 Å². The van der Waals surface area contributed by atoms with E-state index in [0.717, 1.165) is 41.8 Å². The van der Waals surface area contributed by atoms with E-state index in [1.54, 1.807) is 20.8 Å². The molecule has 0 bridgehead atoms. The highest BCUT2D eigenvalue weighted by Crippen LogP contribution is 2.32. The quantitative estimate of drug-likeness (QED) is 0.287. The molecular weight excluding hydrogens is 568 g/mol. The fourth-order valence-corrected chi connectivity index (χ4v) is 5.45. The molecule has 3 aromatic rings. The van der Waals surface area contributed by atoms with Crippen LogP contribution in [0.3, 0.4) is 0 Å². The van der Waals surface area contributed by atoms with Crippen LogP contribution in [-0.4, -0.2) is 42.1 Å². The van der Waals surface area contributed by atoms with E-state index in [4.69, 9.17) is 9.72 Å². The molecule has 1 fully saturated rings. The number of aromatic nitrogens is 1. The first-order chi connectivity index (χ1) is 18.4. The van der Waals surface area contributed by atoms with Crippen molar-refractivity contribution in [2.24, 2.45) is 0 Å². The molecule has 0 aliphatic carbocycles. The van der Waals surface area contributed by atoms with Crippen molar-refractivity contribution >= 4 is 44.5 Å². The third-order valence-corrected chi connectivity index (χ3v) is 7.32. The minimum Gasteiger partial charge on any atom is -0.460 e. The van der Waals surface area contributed by atoms with Gasteiger partial charge in [-0.2, -0.15) is 0 Å². The molecule has 39 heavy (non-hydrogen) atoms. The number of esters is 1. The number of carbonyl (C=O) groups excluding carboxylic acids is 2. The zero-order valence-electron chi connectivity index (χ0n) is 22.7. The zero-order chi connectivity index (χ0) is 28.3. The molecule has 1 N–H and O–H groups in total. The molecule has 208 valence electrons. The number of carbonyl (C=O) groups is 2. The van der Waals surface area contributed by atoms with Crippen LogP contribution in [0, 0.1) is 18.6 Å². The normalized spacial score (nSPS) is 14.5. The molecule has 2 aromatic carbocycles. The summed E-state index contributed by atoms with van der Waals surface area (Å²) >= 11 is 3.49. The summed E-state index contributed by atoms with van der Waals surface area (Å²) in [7, 11) is 0. The molecule has 1 aliphatic heterocycles. The number of ether oxygens (including phenoxy) is 1. The first kappa shape index (κ1) is 28.9. The van der Waals surface area contributed by atoms with Crippen molar-refractivity contribution < 1.29 is 23.1 Å². The molecule has 6 nitrogen and oxygen atoms in total. The first-order valence-corrected chi connectivity index (χ1v) is 14.0. The van der Waals surface area contributed by atoms with Gasteiger partial charge in [0.05, 0.1) is 11.1 Å². The maximum absolute atomic E-state index is 14.8. The summed E-state index contributed by atoms with van der Waals surface area (Å²) in [6, 6.07) is 9.26. The standard InChI is InChI=1S/C30H34BrF2N3O3/c1-18-26(21-16-20(31)11-12-24(21)35-28(18)36-14-5-6-15-36)29(38)34-17-19(10-13-25(37)39-30(2,3)4)27-22(32)8-7-9-23(27)33/h7-9,11-12,16,19H,5-6,10,13-15,17H2,1-4H3,(H,34,38). The number of hydrogen-bond acceptors (Lipinski definition) is 5. The Morgan fingerprint density at radius 2 is 1.79 bits per heavy atom.